The number of hydrogen-bond donors (Lipinski definition) is 1. The zero-order chi connectivity index (χ0) is 14.7. The van der Waals surface area contributed by atoms with Crippen molar-refractivity contribution in [3.63, 3.8) is 0 Å². The SMILES string of the molecule is COc1ccc2c(c1)C(NCc1cnc(C)cn1)CCO2. The highest BCUT2D eigenvalue weighted by Crippen LogP contribution is 2.34. The van der Waals surface area contributed by atoms with Crippen molar-refractivity contribution in [1.82, 2.24) is 15.3 Å². The Morgan fingerprint density at radius 2 is 2.24 bits per heavy atom. The summed E-state index contributed by atoms with van der Waals surface area (Å²) in [6.07, 6.45) is 4.53. The average Bonchev–Trinajstić information content (AvgIpc) is 2.54. The lowest BCUT2D eigenvalue weighted by Crippen LogP contribution is -2.27. The highest BCUT2D eigenvalue weighted by atomic mass is 16.5. The standard InChI is InChI=1S/C16H19N3O2/c1-11-8-18-12(9-17-11)10-19-15-5-6-21-16-4-3-13(20-2)7-14(15)16/h3-4,7-9,15,19H,5-6,10H2,1-2H3. The predicted molar refractivity (Wildman–Crippen MR) is 79.5 cm³/mol. The van der Waals surface area contributed by atoms with Gasteiger partial charge in [-0.05, 0) is 25.1 Å². The molecule has 5 nitrogen and oxygen atoms in total. The van der Waals surface area contributed by atoms with Crippen LogP contribution in [0.25, 0.3) is 0 Å². The Hall–Kier alpha value is -2.14. The van der Waals surface area contributed by atoms with Crippen molar-refractivity contribution in [2.75, 3.05) is 13.7 Å². The number of ether oxygens (including phenoxy) is 2. The quantitative estimate of drug-likeness (QED) is 0.935. The van der Waals surface area contributed by atoms with Gasteiger partial charge in [-0.15, -0.1) is 0 Å². The van der Waals surface area contributed by atoms with Crippen LogP contribution in [0.1, 0.15) is 29.4 Å². The molecule has 1 unspecified atom stereocenters. The molecule has 0 amide bonds. The Morgan fingerprint density at radius 1 is 1.33 bits per heavy atom. The lowest BCUT2D eigenvalue weighted by atomic mass is 10.00. The van der Waals surface area contributed by atoms with Crippen LogP contribution in [0.3, 0.4) is 0 Å². The minimum Gasteiger partial charge on any atom is -0.497 e. The van der Waals surface area contributed by atoms with E-state index >= 15 is 0 Å². The molecule has 0 saturated carbocycles. The van der Waals surface area contributed by atoms with Crippen molar-refractivity contribution in [2.45, 2.75) is 25.9 Å². The summed E-state index contributed by atoms with van der Waals surface area (Å²) in [5.74, 6) is 1.77. The van der Waals surface area contributed by atoms with E-state index < -0.39 is 0 Å². The van der Waals surface area contributed by atoms with Crippen molar-refractivity contribution < 1.29 is 9.47 Å². The van der Waals surface area contributed by atoms with Gasteiger partial charge in [-0.1, -0.05) is 0 Å². The molecule has 1 aromatic heterocycles. The van der Waals surface area contributed by atoms with Crippen LogP contribution in [0.5, 0.6) is 11.5 Å². The fourth-order valence-corrected chi connectivity index (χ4v) is 2.45. The second-order valence-corrected chi connectivity index (χ2v) is 5.12. The van der Waals surface area contributed by atoms with E-state index in [0.717, 1.165) is 41.5 Å². The monoisotopic (exact) mass is 285 g/mol. The molecule has 1 atom stereocenters. The first-order chi connectivity index (χ1) is 10.3. The summed E-state index contributed by atoms with van der Waals surface area (Å²) in [6.45, 7) is 3.34. The van der Waals surface area contributed by atoms with Crippen LogP contribution in [0.2, 0.25) is 0 Å². The molecule has 110 valence electrons. The predicted octanol–water partition coefficient (Wildman–Crippen LogP) is 2.41. The molecule has 3 rings (SSSR count). The van der Waals surface area contributed by atoms with Crippen LogP contribution in [0.4, 0.5) is 0 Å². The van der Waals surface area contributed by atoms with E-state index in [1.807, 2.05) is 31.3 Å². The minimum atomic E-state index is 0.243. The molecular weight excluding hydrogens is 266 g/mol. The number of nitrogens with zero attached hydrogens (tertiary/aromatic N) is 2. The smallest absolute Gasteiger partial charge is 0.124 e. The highest BCUT2D eigenvalue weighted by Gasteiger charge is 2.21. The van der Waals surface area contributed by atoms with E-state index in [4.69, 9.17) is 9.47 Å². The lowest BCUT2D eigenvalue weighted by Gasteiger charge is -2.27. The second kappa shape index (κ2) is 6.10. The molecule has 2 heterocycles. The normalized spacial score (nSPS) is 17.0. The third kappa shape index (κ3) is 3.13. The molecule has 0 radical (unpaired) electrons. The molecule has 1 N–H and O–H groups in total. The molecule has 2 aromatic rings. The molecule has 5 heteroatoms. The number of hydrogen-bond acceptors (Lipinski definition) is 5. The van der Waals surface area contributed by atoms with Crippen molar-refractivity contribution in [2.24, 2.45) is 0 Å². The average molecular weight is 285 g/mol. The third-order valence-corrected chi connectivity index (χ3v) is 3.62. The maximum absolute atomic E-state index is 5.70. The third-order valence-electron chi connectivity index (χ3n) is 3.62. The number of aryl methyl sites for hydroxylation is 1. The summed E-state index contributed by atoms with van der Waals surface area (Å²) < 4.78 is 11.0. The fraction of sp³-hybridized carbons (Fsp3) is 0.375. The number of methoxy groups -OCH3 is 1. The van der Waals surface area contributed by atoms with Crippen molar-refractivity contribution >= 4 is 0 Å². The minimum absolute atomic E-state index is 0.243. The van der Waals surface area contributed by atoms with Crippen LogP contribution in [-0.2, 0) is 6.54 Å². The molecular formula is C16H19N3O2. The topological polar surface area (TPSA) is 56.3 Å². The van der Waals surface area contributed by atoms with Gasteiger partial charge in [0.05, 0.1) is 25.1 Å². The van der Waals surface area contributed by atoms with Crippen LogP contribution in [0, 0.1) is 6.92 Å². The van der Waals surface area contributed by atoms with Gasteiger partial charge in [0.2, 0.25) is 0 Å². The van der Waals surface area contributed by atoms with Crippen LogP contribution < -0.4 is 14.8 Å². The highest BCUT2D eigenvalue weighted by molar-refractivity contribution is 5.43. The van der Waals surface area contributed by atoms with Crippen LogP contribution in [0.15, 0.2) is 30.6 Å². The number of nitrogens with one attached hydrogen (secondary N) is 1. The molecule has 0 spiro atoms. The summed E-state index contributed by atoms with van der Waals surface area (Å²) in [4.78, 5) is 8.64. The Kier molecular flexibility index (Phi) is 4.01. The number of fused-ring (bicyclic) bond motifs is 1. The van der Waals surface area contributed by atoms with Gasteiger partial charge in [0.1, 0.15) is 11.5 Å². The second-order valence-electron chi connectivity index (χ2n) is 5.12. The Balaban J connectivity index is 1.73. The number of benzene rings is 1. The van der Waals surface area contributed by atoms with E-state index in [9.17, 15) is 0 Å². The first-order valence-corrected chi connectivity index (χ1v) is 7.08. The van der Waals surface area contributed by atoms with Gasteiger partial charge in [0.15, 0.2) is 0 Å². The molecule has 0 aliphatic carbocycles. The van der Waals surface area contributed by atoms with Crippen molar-refractivity contribution in [1.29, 1.82) is 0 Å². The van der Waals surface area contributed by atoms with E-state index in [1.54, 1.807) is 13.3 Å². The van der Waals surface area contributed by atoms with Gasteiger partial charge < -0.3 is 14.8 Å². The lowest BCUT2D eigenvalue weighted by molar-refractivity contribution is 0.251. The van der Waals surface area contributed by atoms with Gasteiger partial charge in [-0.3, -0.25) is 9.97 Å². The number of aromatic nitrogens is 2. The van der Waals surface area contributed by atoms with E-state index in [2.05, 4.69) is 15.3 Å². The summed E-state index contributed by atoms with van der Waals surface area (Å²) in [7, 11) is 1.68. The summed E-state index contributed by atoms with van der Waals surface area (Å²) in [5.41, 5.74) is 3.01. The summed E-state index contributed by atoms with van der Waals surface area (Å²) >= 11 is 0. The molecule has 0 fully saturated rings. The zero-order valence-corrected chi connectivity index (χ0v) is 12.3. The summed E-state index contributed by atoms with van der Waals surface area (Å²) in [6, 6.07) is 6.17. The van der Waals surface area contributed by atoms with Gasteiger partial charge in [0, 0.05) is 37.0 Å². The van der Waals surface area contributed by atoms with Gasteiger partial charge in [-0.25, -0.2) is 0 Å². The van der Waals surface area contributed by atoms with Crippen molar-refractivity contribution in [3.8, 4) is 11.5 Å². The molecule has 1 aliphatic heterocycles. The van der Waals surface area contributed by atoms with Gasteiger partial charge in [0.25, 0.3) is 0 Å². The summed E-state index contributed by atoms with van der Waals surface area (Å²) in [5, 5.41) is 3.53. The fourth-order valence-electron chi connectivity index (χ4n) is 2.45. The first kappa shape index (κ1) is 13.8. The molecule has 1 aliphatic rings. The largest absolute Gasteiger partial charge is 0.497 e. The van der Waals surface area contributed by atoms with Crippen LogP contribution >= 0.6 is 0 Å². The first-order valence-electron chi connectivity index (χ1n) is 7.08. The number of rotatable bonds is 4. The Labute approximate surface area is 124 Å². The Bertz CT molecular complexity index is 613. The van der Waals surface area contributed by atoms with Crippen molar-refractivity contribution in [3.05, 3.63) is 47.5 Å². The molecule has 1 aromatic carbocycles. The maximum Gasteiger partial charge on any atom is 0.124 e. The van der Waals surface area contributed by atoms with Crippen LogP contribution in [-0.4, -0.2) is 23.7 Å². The van der Waals surface area contributed by atoms with Gasteiger partial charge in [-0.2, -0.15) is 0 Å². The zero-order valence-electron chi connectivity index (χ0n) is 12.3. The van der Waals surface area contributed by atoms with E-state index in [-0.39, 0.29) is 6.04 Å². The maximum atomic E-state index is 5.70. The molecule has 0 saturated heterocycles. The Morgan fingerprint density at radius 3 is 3.00 bits per heavy atom. The molecule has 21 heavy (non-hydrogen) atoms. The van der Waals surface area contributed by atoms with E-state index in [0.29, 0.717) is 6.54 Å². The van der Waals surface area contributed by atoms with E-state index in [1.165, 1.54) is 0 Å². The van der Waals surface area contributed by atoms with Gasteiger partial charge >= 0.3 is 0 Å². The molecule has 0 bridgehead atoms.